The predicted molar refractivity (Wildman–Crippen MR) is 86.0 cm³/mol. The molecule has 1 aromatic carbocycles. The van der Waals surface area contributed by atoms with Crippen LogP contribution in [0.5, 0.6) is 0 Å². The number of rotatable bonds is 6. The summed E-state index contributed by atoms with van der Waals surface area (Å²) in [5.41, 5.74) is 0.129. The number of nitrogens with zero attached hydrogens (tertiary/aromatic N) is 2. The van der Waals surface area contributed by atoms with Gasteiger partial charge in [0.1, 0.15) is 6.54 Å². The van der Waals surface area contributed by atoms with Crippen LogP contribution in [0.25, 0.3) is 0 Å². The lowest BCUT2D eigenvalue weighted by molar-refractivity contribution is -0.144. The van der Waals surface area contributed by atoms with Crippen molar-refractivity contribution >= 4 is 41.2 Å². The Kier molecular flexibility index (Phi) is 5.73. The predicted octanol–water partition coefficient (Wildman–Crippen LogP) is 2.14. The number of amides is 5. The second-order valence-corrected chi connectivity index (χ2v) is 6.40. The third kappa shape index (κ3) is 4.13. The maximum atomic E-state index is 12.5. The van der Waals surface area contributed by atoms with Crippen molar-refractivity contribution in [2.24, 2.45) is 0 Å². The van der Waals surface area contributed by atoms with Crippen LogP contribution in [-0.2, 0) is 14.4 Å². The maximum absolute atomic E-state index is 12.5. The molecule has 0 unspecified atom stereocenters. The summed E-state index contributed by atoms with van der Waals surface area (Å²) >= 11 is 0.258. The van der Waals surface area contributed by atoms with Crippen LogP contribution < -0.4 is 5.32 Å². The Morgan fingerprint density at radius 1 is 1.16 bits per heavy atom. The van der Waals surface area contributed by atoms with Gasteiger partial charge in [0, 0.05) is 10.9 Å². The van der Waals surface area contributed by atoms with Crippen molar-refractivity contribution in [3.63, 3.8) is 0 Å². The molecule has 1 fully saturated rings. The molecule has 0 aromatic heterocycles. The molecule has 1 saturated heterocycles. The summed E-state index contributed by atoms with van der Waals surface area (Å²) in [5, 5.41) is 2.37. The number of halogens is 2. The molecule has 7 nitrogen and oxygen atoms in total. The minimum atomic E-state index is -2.67. The van der Waals surface area contributed by atoms with E-state index < -0.39 is 42.1 Å². The number of imide groups is 2. The molecule has 0 bridgehead atoms. The molecule has 1 aromatic rings. The lowest BCUT2D eigenvalue weighted by Crippen LogP contribution is -2.40. The van der Waals surface area contributed by atoms with Crippen LogP contribution in [0.15, 0.2) is 29.2 Å². The molecule has 1 aliphatic rings. The van der Waals surface area contributed by atoms with E-state index in [0.717, 1.165) is 4.90 Å². The molecular formula is C15H15F2N3O4S. The van der Waals surface area contributed by atoms with Gasteiger partial charge < -0.3 is 5.32 Å². The highest BCUT2D eigenvalue weighted by Gasteiger charge is 2.46. The first-order chi connectivity index (χ1) is 11.7. The molecule has 134 valence electrons. The Bertz CT molecular complexity index is 726. The van der Waals surface area contributed by atoms with Gasteiger partial charge in [0.2, 0.25) is 5.91 Å². The Balaban J connectivity index is 2.10. The molecular weight excluding hydrogens is 356 g/mol. The minimum absolute atomic E-state index is 0.129. The number of anilines is 1. The summed E-state index contributed by atoms with van der Waals surface area (Å²) in [4.78, 5) is 49.3. The number of carbonyl (C=O) groups is 4. The molecule has 1 N–H and O–H groups in total. The van der Waals surface area contributed by atoms with Gasteiger partial charge in [-0.2, -0.15) is 8.78 Å². The summed E-state index contributed by atoms with van der Waals surface area (Å²) < 4.78 is 25.1. The van der Waals surface area contributed by atoms with Crippen LogP contribution in [0, 0.1) is 0 Å². The fourth-order valence-corrected chi connectivity index (χ4v) is 2.81. The highest BCUT2D eigenvalue weighted by molar-refractivity contribution is 7.99. The summed E-state index contributed by atoms with van der Waals surface area (Å²) in [6, 6.07) is 4.49. The molecule has 0 aliphatic carbocycles. The molecule has 0 saturated carbocycles. The molecule has 5 amide bonds. The Morgan fingerprint density at radius 2 is 1.80 bits per heavy atom. The van der Waals surface area contributed by atoms with E-state index in [2.05, 4.69) is 5.32 Å². The van der Waals surface area contributed by atoms with Gasteiger partial charge in [-0.05, 0) is 26.0 Å². The second-order valence-electron chi connectivity index (χ2n) is 5.37. The monoisotopic (exact) mass is 371 g/mol. The quantitative estimate of drug-likeness (QED) is 0.470. The number of urea groups is 1. The fraction of sp³-hybridized carbons (Fsp3) is 0.333. The third-order valence-electron chi connectivity index (χ3n) is 3.28. The van der Waals surface area contributed by atoms with E-state index in [1.807, 2.05) is 0 Å². The first-order valence-corrected chi connectivity index (χ1v) is 8.13. The van der Waals surface area contributed by atoms with E-state index in [1.54, 1.807) is 19.9 Å². The first kappa shape index (κ1) is 18.8. The number of para-hydroxylation sites is 1. The number of thioether (sulfide) groups is 1. The molecule has 1 aliphatic heterocycles. The average molecular weight is 371 g/mol. The number of alkyl halides is 2. The van der Waals surface area contributed by atoms with Gasteiger partial charge in [-0.25, -0.2) is 9.69 Å². The molecule has 0 radical (unpaired) electrons. The van der Waals surface area contributed by atoms with E-state index in [1.165, 1.54) is 18.2 Å². The van der Waals surface area contributed by atoms with Crippen LogP contribution in [0.4, 0.5) is 19.3 Å². The summed E-state index contributed by atoms with van der Waals surface area (Å²) in [7, 11) is 0. The highest BCUT2D eigenvalue weighted by atomic mass is 32.2. The topological polar surface area (TPSA) is 86.8 Å². The Morgan fingerprint density at radius 3 is 2.36 bits per heavy atom. The Hall–Kier alpha value is -2.49. The first-order valence-electron chi connectivity index (χ1n) is 7.25. The van der Waals surface area contributed by atoms with E-state index in [4.69, 9.17) is 0 Å². The van der Waals surface area contributed by atoms with Crippen molar-refractivity contribution in [3.05, 3.63) is 24.3 Å². The standard InChI is InChI=1S/C15H15F2N3O4S/c1-8(2)20-13(23)12(22)19(15(20)24)7-11(21)18-9-5-3-4-6-10(9)25-14(16)17/h3-6,8,14H,7H2,1-2H3,(H,18,21). The zero-order chi connectivity index (χ0) is 18.7. The molecule has 1 heterocycles. The zero-order valence-electron chi connectivity index (χ0n) is 13.4. The number of carbonyl (C=O) groups excluding carboxylic acids is 4. The van der Waals surface area contributed by atoms with Gasteiger partial charge in [0.05, 0.1) is 5.69 Å². The number of hydrogen-bond acceptors (Lipinski definition) is 5. The van der Waals surface area contributed by atoms with Gasteiger partial charge in [-0.15, -0.1) is 0 Å². The van der Waals surface area contributed by atoms with Crippen molar-refractivity contribution in [2.75, 3.05) is 11.9 Å². The zero-order valence-corrected chi connectivity index (χ0v) is 14.2. The van der Waals surface area contributed by atoms with Gasteiger partial charge >= 0.3 is 17.8 Å². The smallest absolute Gasteiger partial charge is 0.324 e. The second kappa shape index (κ2) is 7.60. The normalized spacial score (nSPS) is 14.9. The van der Waals surface area contributed by atoms with E-state index in [9.17, 15) is 28.0 Å². The van der Waals surface area contributed by atoms with Crippen molar-refractivity contribution in [1.29, 1.82) is 0 Å². The van der Waals surface area contributed by atoms with Crippen LogP contribution >= 0.6 is 11.8 Å². The highest BCUT2D eigenvalue weighted by Crippen LogP contribution is 2.31. The lowest BCUT2D eigenvalue weighted by atomic mass is 10.3. The summed E-state index contributed by atoms with van der Waals surface area (Å²) in [6.07, 6.45) is 0. The van der Waals surface area contributed by atoms with Crippen LogP contribution in [0.3, 0.4) is 0 Å². The van der Waals surface area contributed by atoms with E-state index in [0.29, 0.717) is 4.90 Å². The van der Waals surface area contributed by atoms with Crippen molar-refractivity contribution in [1.82, 2.24) is 9.80 Å². The van der Waals surface area contributed by atoms with Gasteiger partial charge in [-0.3, -0.25) is 19.3 Å². The minimum Gasteiger partial charge on any atom is -0.324 e. The van der Waals surface area contributed by atoms with Crippen LogP contribution in [0.2, 0.25) is 0 Å². The fourth-order valence-electron chi connectivity index (χ4n) is 2.22. The molecule has 25 heavy (non-hydrogen) atoms. The van der Waals surface area contributed by atoms with Crippen LogP contribution in [-0.4, -0.2) is 51.9 Å². The molecule has 2 rings (SSSR count). The lowest BCUT2D eigenvalue weighted by Gasteiger charge is -2.18. The molecule has 0 atom stereocenters. The Labute approximate surface area is 146 Å². The summed E-state index contributed by atoms with van der Waals surface area (Å²) in [5.74, 6) is -5.54. The van der Waals surface area contributed by atoms with Gasteiger partial charge in [0.15, 0.2) is 0 Å². The number of benzene rings is 1. The number of hydrogen-bond donors (Lipinski definition) is 1. The molecule has 10 heteroatoms. The van der Waals surface area contributed by atoms with E-state index in [-0.39, 0.29) is 22.3 Å². The maximum Gasteiger partial charge on any atom is 0.334 e. The molecule has 0 spiro atoms. The van der Waals surface area contributed by atoms with Gasteiger partial charge in [0.25, 0.3) is 5.76 Å². The SMILES string of the molecule is CC(C)N1C(=O)C(=O)N(CC(=O)Nc2ccccc2SC(F)F)C1=O. The largest absolute Gasteiger partial charge is 0.334 e. The summed E-state index contributed by atoms with van der Waals surface area (Å²) in [6.45, 7) is 2.44. The van der Waals surface area contributed by atoms with Crippen LogP contribution in [0.1, 0.15) is 13.8 Å². The van der Waals surface area contributed by atoms with Crippen molar-refractivity contribution in [3.8, 4) is 0 Å². The van der Waals surface area contributed by atoms with Crippen molar-refractivity contribution in [2.45, 2.75) is 30.5 Å². The van der Waals surface area contributed by atoms with E-state index >= 15 is 0 Å². The average Bonchev–Trinajstić information content (AvgIpc) is 2.72. The number of nitrogens with one attached hydrogen (secondary N) is 1. The van der Waals surface area contributed by atoms with Crippen molar-refractivity contribution < 1.29 is 28.0 Å². The third-order valence-corrected chi connectivity index (χ3v) is 4.07. The van der Waals surface area contributed by atoms with Gasteiger partial charge in [-0.1, -0.05) is 23.9 Å².